The van der Waals surface area contributed by atoms with Crippen molar-refractivity contribution in [1.82, 2.24) is 20.5 Å². The molecule has 1 aromatic heterocycles. The zero-order valence-corrected chi connectivity index (χ0v) is 16.9. The number of aryl methyl sites for hydroxylation is 1. The van der Waals surface area contributed by atoms with Gasteiger partial charge in [-0.15, -0.1) is 5.10 Å². The highest BCUT2D eigenvalue weighted by Gasteiger charge is 2.17. The molecule has 0 aliphatic heterocycles. The van der Waals surface area contributed by atoms with E-state index in [1.165, 1.54) is 43.9 Å². The van der Waals surface area contributed by atoms with Gasteiger partial charge in [0.15, 0.2) is 0 Å². The largest absolute Gasteiger partial charge is 0.349 e. The molecule has 1 saturated carbocycles. The van der Waals surface area contributed by atoms with Crippen LogP contribution < -0.4 is 5.32 Å². The van der Waals surface area contributed by atoms with Gasteiger partial charge in [0.1, 0.15) is 5.82 Å². The number of carbonyl (C=O) groups is 1. The lowest BCUT2D eigenvalue weighted by molar-refractivity contribution is -0.119. The molecule has 0 saturated heterocycles. The Bertz CT molecular complexity index is 697. The summed E-state index contributed by atoms with van der Waals surface area (Å²) in [5.41, 5.74) is 1.16. The highest BCUT2D eigenvalue weighted by Crippen LogP contribution is 2.28. The highest BCUT2D eigenvalue weighted by molar-refractivity contribution is 7.99. The Morgan fingerprint density at radius 2 is 2.07 bits per heavy atom. The molecule has 2 N–H and O–H groups in total. The maximum Gasteiger partial charge on any atom is 0.230 e. The van der Waals surface area contributed by atoms with Gasteiger partial charge in [0, 0.05) is 6.42 Å². The van der Waals surface area contributed by atoms with Crippen molar-refractivity contribution in [2.75, 3.05) is 5.75 Å². The summed E-state index contributed by atoms with van der Waals surface area (Å²) in [6.07, 6.45) is 9.57. The molecular formula is C21H30N4OS. The molecule has 27 heavy (non-hydrogen) atoms. The smallest absolute Gasteiger partial charge is 0.230 e. The minimum absolute atomic E-state index is 0.0274. The SMILES string of the molecule is CCCC(NC(=O)CSc1n[nH]c(CCC2CCCC2)n1)c1ccccc1. The molecule has 1 fully saturated rings. The predicted octanol–water partition coefficient (Wildman–Crippen LogP) is 4.68. The molecule has 0 radical (unpaired) electrons. The number of H-pyrrole nitrogens is 1. The second-order valence-electron chi connectivity index (χ2n) is 7.36. The summed E-state index contributed by atoms with van der Waals surface area (Å²) in [4.78, 5) is 16.9. The van der Waals surface area contributed by atoms with Crippen LogP contribution in [0.4, 0.5) is 0 Å². The number of carbonyl (C=O) groups excluding carboxylic acids is 1. The molecule has 1 aliphatic carbocycles. The fourth-order valence-electron chi connectivity index (χ4n) is 3.76. The number of aromatic amines is 1. The Morgan fingerprint density at radius 1 is 1.30 bits per heavy atom. The molecule has 1 heterocycles. The summed E-state index contributed by atoms with van der Waals surface area (Å²) in [6, 6.07) is 10.2. The van der Waals surface area contributed by atoms with E-state index in [-0.39, 0.29) is 11.9 Å². The zero-order chi connectivity index (χ0) is 18.9. The van der Waals surface area contributed by atoms with Gasteiger partial charge in [-0.3, -0.25) is 9.89 Å². The van der Waals surface area contributed by atoms with Crippen molar-refractivity contribution >= 4 is 17.7 Å². The van der Waals surface area contributed by atoms with Crippen LogP contribution in [-0.4, -0.2) is 26.8 Å². The van der Waals surface area contributed by atoms with Gasteiger partial charge >= 0.3 is 0 Å². The first-order chi connectivity index (χ1) is 13.2. The van der Waals surface area contributed by atoms with Crippen molar-refractivity contribution in [3.8, 4) is 0 Å². The topological polar surface area (TPSA) is 70.7 Å². The van der Waals surface area contributed by atoms with Crippen LogP contribution in [0, 0.1) is 5.92 Å². The quantitative estimate of drug-likeness (QED) is 0.582. The Morgan fingerprint density at radius 3 is 2.81 bits per heavy atom. The van der Waals surface area contributed by atoms with Crippen molar-refractivity contribution in [2.24, 2.45) is 5.92 Å². The second kappa shape index (κ2) is 10.5. The van der Waals surface area contributed by atoms with Crippen LogP contribution in [-0.2, 0) is 11.2 Å². The standard InChI is InChI=1S/C21H30N4OS/c1-2-8-18(17-11-4-3-5-12-17)22-20(26)15-27-21-23-19(24-25-21)14-13-16-9-6-7-10-16/h3-5,11-12,16,18H,2,6-10,13-15H2,1H3,(H,22,26)(H,23,24,25). The van der Waals surface area contributed by atoms with E-state index < -0.39 is 0 Å². The summed E-state index contributed by atoms with van der Waals surface area (Å²) in [5, 5.41) is 11.1. The number of nitrogens with one attached hydrogen (secondary N) is 2. The molecule has 0 spiro atoms. The van der Waals surface area contributed by atoms with E-state index in [2.05, 4.69) is 39.6 Å². The van der Waals surface area contributed by atoms with Crippen LogP contribution in [0.3, 0.4) is 0 Å². The molecule has 6 heteroatoms. The number of benzene rings is 1. The van der Waals surface area contributed by atoms with Gasteiger partial charge in [0.2, 0.25) is 11.1 Å². The summed E-state index contributed by atoms with van der Waals surface area (Å²) in [6.45, 7) is 2.14. The molecule has 1 aliphatic rings. The Hall–Kier alpha value is -1.82. The third-order valence-corrected chi connectivity index (χ3v) is 6.07. The molecule has 0 bridgehead atoms. The lowest BCUT2D eigenvalue weighted by Gasteiger charge is -2.18. The van der Waals surface area contributed by atoms with Crippen LogP contribution >= 0.6 is 11.8 Å². The minimum atomic E-state index is 0.0274. The van der Waals surface area contributed by atoms with Crippen molar-refractivity contribution in [3.05, 3.63) is 41.7 Å². The summed E-state index contributed by atoms with van der Waals surface area (Å²) in [7, 11) is 0. The number of nitrogens with zero attached hydrogens (tertiary/aromatic N) is 2. The van der Waals surface area contributed by atoms with Crippen molar-refractivity contribution in [2.45, 2.75) is 69.5 Å². The number of aromatic nitrogens is 3. The molecule has 3 rings (SSSR count). The first-order valence-electron chi connectivity index (χ1n) is 10.1. The van der Waals surface area contributed by atoms with Gasteiger partial charge in [-0.2, -0.15) is 0 Å². The average Bonchev–Trinajstić information content (AvgIpc) is 3.37. The van der Waals surface area contributed by atoms with Crippen molar-refractivity contribution < 1.29 is 4.79 Å². The van der Waals surface area contributed by atoms with Crippen LogP contribution in [0.2, 0.25) is 0 Å². The number of rotatable bonds is 10. The number of hydrogen-bond acceptors (Lipinski definition) is 4. The Kier molecular flexibility index (Phi) is 7.75. The fourth-order valence-corrected chi connectivity index (χ4v) is 4.38. The zero-order valence-electron chi connectivity index (χ0n) is 16.1. The first-order valence-corrected chi connectivity index (χ1v) is 11.1. The van der Waals surface area contributed by atoms with Crippen molar-refractivity contribution in [1.29, 1.82) is 0 Å². The van der Waals surface area contributed by atoms with Crippen molar-refractivity contribution in [3.63, 3.8) is 0 Å². The van der Waals surface area contributed by atoms with E-state index in [1.54, 1.807) is 0 Å². The van der Waals surface area contributed by atoms with E-state index in [9.17, 15) is 4.79 Å². The maximum atomic E-state index is 12.4. The third-order valence-electron chi connectivity index (χ3n) is 5.22. The monoisotopic (exact) mass is 386 g/mol. The number of amides is 1. The van der Waals surface area contributed by atoms with E-state index in [1.807, 2.05) is 18.2 Å². The molecule has 1 unspecified atom stereocenters. The molecule has 1 atom stereocenters. The lowest BCUT2D eigenvalue weighted by atomic mass is 10.0. The van der Waals surface area contributed by atoms with Gasteiger partial charge < -0.3 is 5.32 Å². The lowest BCUT2D eigenvalue weighted by Crippen LogP contribution is -2.29. The van der Waals surface area contributed by atoms with Crippen LogP contribution in [0.25, 0.3) is 0 Å². The maximum absolute atomic E-state index is 12.4. The first kappa shape index (κ1) is 19.9. The third kappa shape index (κ3) is 6.38. The van der Waals surface area contributed by atoms with Crippen LogP contribution in [0.5, 0.6) is 0 Å². The molecule has 1 aromatic carbocycles. The minimum Gasteiger partial charge on any atom is -0.349 e. The molecule has 2 aromatic rings. The summed E-state index contributed by atoms with van der Waals surface area (Å²) in [5.74, 6) is 2.16. The molecular weight excluding hydrogens is 356 g/mol. The van der Waals surface area contributed by atoms with Gasteiger partial charge in [-0.25, -0.2) is 4.98 Å². The van der Waals surface area contributed by atoms with Gasteiger partial charge in [-0.05, 0) is 24.3 Å². The van der Waals surface area contributed by atoms with E-state index in [4.69, 9.17) is 0 Å². The molecule has 146 valence electrons. The van der Waals surface area contributed by atoms with E-state index in [0.29, 0.717) is 10.9 Å². The predicted molar refractivity (Wildman–Crippen MR) is 110 cm³/mol. The normalized spacial score (nSPS) is 15.7. The Balaban J connectivity index is 1.44. The van der Waals surface area contributed by atoms with Crippen LogP contribution in [0.15, 0.2) is 35.5 Å². The highest BCUT2D eigenvalue weighted by atomic mass is 32.2. The Labute approximate surface area is 166 Å². The summed E-state index contributed by atoms with van der Waals surface area (Å²) < 4.78 is 0. The van der Waals surface area contributed by atoms with E-state index in [0.717, 1.165) is 36.6 Å². The average molecular weight is 387 g/mol. The molecule has 1 amide bonds. The van der Waals surface area contributed by atoms with E-state index >= 15 is 0 Å². The van der Waals surface area contributed by atoms with Gasteiger partial charge in [0.25, 0.3) is 0 Å². The van der Waals surface area contributed by atoms with Gasteiger partial charge in [0.05, 0.1) is 11.8 Å². The van der Waals surface area contributed by atoms with Crippen LogP contribution in [0.1, 0.15) is 69.3 Å². The van der Waals surface area contributed by atoms with Gasteiger partial charge in [-0.1, -0.05) is 81.1 Å². The molecule has 5 nitrogen and oxygen atoms in total. The number of thioether (sulfide) groups is 1. The fraction of sp³-hybridized carbons (Fsp3) is 0.571. The number of hydrogen-bond donors (Lipinski definition) is 2. The second-order valence-corrected chi connectivity index (χ2v) is 8.30. The summed E-state index contributed by atoms with van der Waals surface area (Å²) >= 11 is 1.40.